The summed E-state index contributed by atoms with van der Waals surface area (Å²) in [5, 5.41) is 35.8. The number of anilines is 1. The largest absolute Gasteiger partial charge is 0.506 e. The monoisotopic (exact) mass is 519 g/mol. The molecule has 1 aliphatic heterocycles. The fourth-order valence-corrected chi connectivity index (χ4v) is 4.99. The van der Waals surface area contributed by atoms with Crippen molar-refractivity contribution in [1.29, 1.82) is 0 Å². The molecule has 2 aromatic carbocycles. The minimum Gasteiger partial charge on any atom is -0.506 e. The van der Waals surface area contributed by atoms with Crippen LogP contribution >= 0.6 is 0 Å². The summed E-state index contributed by atoms with van der Waals surface area (Å²) in [6.45, 7) is 3.63. The lowest BCUT2D eigenvalue weighted by molar-refractivity contribution is -0.385. The van der Waals surface area contributed by atoms with Gasteiger partial charge in [0.05, 0.1) is 27.0 Å². The number of halogens is 1. The topological polar surface area (TPSA) is 187 Å². The Morgan fingerprint density at radius 3 is 2.47 bits per heavy atom. The Labute approximate surface area is 201 Å². The van der Waals surface area contributed by atoms with E-state index in [4.69, 9.17) is 0 Å². The number of hydrogen-bond donors (Lipinski definition) is 2. The normalized spacial score (nSPS) is 14.3. The van der Waals surface area contributed by atoms with Crippen LogP contribution in [-0.4, -0.2) is 33.8 Å². The van der Waals surface area contributed by atoms with Crippen molar-refractivity contribution in [3.8, 4) is 5.75 Å². The molecule has 4 rings (SSSR count). The van der Waals surface area contributed by atoms with Gasteiger partial charge in [0.15, 0.2) is 5.84 Å². The van der Waals surface area contributed by atoms with Crippen molar-refractivity contribution >= 4 is 43.8 Å². The zero-order valence-corrected chi connectivity index (χ0v) is 19.6. The van der Waals surface area contributed by atoms with E-state index in [0.717, 1.165) is 28.8 Å². The Kier molecular flexibility index (Phi) is 5.95. The zero-order chi connectivity index (χ0) is 26.5. The molecule has 0 amide bonds. The van der Waals surface area contributed by atoms with Crippen LogP contribution in [0.3, 0.4) is 0 Å². The second kappa shape index (κ2) is 8.67. The molecule has 0 unspecified atom stereocenters. The minimum atomic E-state index is -4.57. The summed E-state index contributed by atoms with van der Waals surface area (Å²) in [5.41, 5.74) is -3.39. The summed E-state index contributed by atoms with van der Waals surface area (Å²) in [6, 6.07) is 4.33. The van der Waals surface area contributed by atoms with Gasteiger partial charge in [0, 0.05) is 18.7 Å². The van der Waals surface area contributed by atoms with E-state index in [0.29, 0.717) is 12.5 Å². The van der Waals surface area contributed by atoms with E-state index in [9.17, 15) is 42.9 Å². The zero-order valence-electron chi connectivity index (χ0n) is 18.8. The van der Waals surface area contributed by atoms with Crippen LogP contribution < -0.4 is 10.9 Å². The number of benzene rings is 2. The van der Waals surface area contributed by atoms with Crippen molar-refractivity contribution in [1.82, 2.24) is 4.57 Å². The average molecular weight is 519 g/mol. The van der Waals surface area contributed by atoms with Crippen molar-refractivity contribution < 1.29 is 27.8 Å². The third-order valence-electron chi connectivity index (χ3n) is 5.56. The number of hydrogen-bond acceptors (Lipinski definition) is 9. The minimum absolute atomic E-state index is 0.0527. The van der Waals surface area contributed by atoms with Gasteiger partial charge >= 0.3 is 0 Å². The first-order chi connectivity index (χ1) is 16.8. The second-order valence-electron chi connectivity index (χ2n) is 8.42. The summed E-state index contributed by atoms with van der Waals surface area (Å²) in [4.78, 5) is 34.0. The number of nitrogens with one attached hydrogen (secondary N) is 1. The summed E-state index contributed by atoms with van der Waals surface area (Å²) in [5.74, 6) is -2.54. The summed E-state index contributed by atoms with van der Waals surface area (Å²) < 4.78 is 44.4. The number of amidine groups is 1. The Hall–Kier alpha value is -4.40. The Balaban J connectivity index is 2.04. The van der Waals surface area contributed by atoms with Crippen molar-refractivity contribution in [3.63, 3.8) is 0 Å². The number of aryl methyl sites for hydroxylation is 1. The third-order valence-corrected chi connectivity index (χ3v) is 6.87. The molecule has 1 aliphatic rings. The van der Waals surface area contributed by atoms with E-state index in [1.54, 1.807) is 0 Å². The van der Waals surface area contributed by atoms with Crippen LogP contribution in [0.5, 0.6) is 5.75 Å². The molecule has 13 nitrogen and oxygen atoms in total. The number of non-ortho nitro benzene ring substituents is 2. The van der Waals surface area contributed by atoms with E-state index in [1.807, 2.05) is 13.8 Å². The molecule has 0 bridgehead atoms. The first-order valence-corrected chi connectivity index (χ1v) is 11.9. The molecular formula is C21H18FN5O8S. The molecule has 0 aliphatic carbocycles. The third kappa shape index (κ3) is 4.13. The lowest BCUT2D eigenvalue weighted by Crippen LogP contribution is -2.33. The lowest BCUT2D eigenvalue weighted by atomic mass is 10.1. The van der Waals surface area contributed by atoms with Gasteiger partial charge in [-0.25, -0.2) is 4.39 Å². The van der Waals surface area contributed by atoms with Gasteiger partial charge in [-0.2, -0.15) is 8.42 Å². The Morgan fingerprint density at radius 2 is 1.86 bits per heavy atom. The second-order valence-corrected chi connectivity index (χ2v) is 9.99. The smallest absolute Gasteiger partial charge is 0.296 e. The Morgan fingerprint density at radius 1 is 1.17 bits per heavy atom. The highest BCUT2D eigenvalue weighted by Gasteiger charge is 2.33. The van der Waals surface area contributed by atoms with Crippen molar-refractivity contribution in [2.45, 2.75) is 31.7 Å². The van der Waals surface area contributed by atoms with Gasteiger partial charge in [-0.1, -0.05) is 13.8 Å². The number of aromatic hydroxyl groups is 1. The summed E-state index contributed by atoms with van der Waals surface area (Å²) in [7, 11) is -4.57. The highest BCUT2D eigenvalue weighted by atomic mass is 32.2. The number of fused-ring (bicyclic) bond motifs is 2. The molecule has 3 aromatic rings. The van der Waals surface area contributed by atoms with Gasteiger partial charge in [-0.05, 0) is 24.5 Å². The molecule has 0 saturated carbocycles. The first-order valence-electron chi connectivity index (χ1n) is 10.5. The SMILES string of the molecule is CC(C)CCn1c(=O)c(C2=NS(=O)(=O)c3cc([N+](=O)[O-])ccc3N2)c(O)c2cc(F)cc([N+](=O)[O-])c21. The van der Waals surface area contributed by atoms with E-state index >= 15 is 0 Å². The van der Waals surface area contributed by atoms with Crippen LogP contribution in [0.1, 0.15) is 25.8 Å². The molecule has 0 saturated heterocycles. The molecule has 0 fully saturated rings. The number of nitro benzene ring substituents is 2. The van der Waals surface area contributed by atoms with Gasteiger partial charge in [0.1, 0.15) is 27.5 Å². The van der Waals surface area contributed by atoms with E-state index < -0.39 is 70.1 Å². The number of nitro groups is 2. The predicted octanol–water partition coefficient (Wildman–Crippen LogP) is 3.27. The molecule has 15 heteroatoms. The number of aromatic nitrogens is 1. The number of nitrogens with zero attached hydrogens (tertiary/aromatic N) is 4. The molecule has 1 aromatic heterocycles. The molecular weight excluding hydrogens is 501 g/mol. The van der Waals surface area contributed by atoms with Crippen LogP contribution in [0.2, 0.25) is 0 Å². The lowest BCUT2D eigenvalue weighted by Gasteiger charge is -2.20. The molecule has 2 heterocycles. The van der Waals surface area contributed by atoms with Crippen molar-refractivity contribution in [2.24, 2.45) is 10.3 Å². The van der Waals surface area contributed by atoms with Gasteiger partial charge < -0.3 is 15.0 Å². The fourth-order valence-electron chi connectivity index (χ4n) is 3.84. The van der Waals surface area contributed by atoms with Crippen LogP contribution in [0, 0.1) is 32.0 Å². The Bertz CT molecular complexity index is 1660. The summed E-state index contributed by atoms with van der Waals surface area (Å²) >= 11 is 0. The van der Waals surface area contributed by atoms with Crippen LogP contribution in [0.4, 0.5) is 21.5 Å². The number of rotatable bonds is 6. The van der Waals surface area contributed by atoms with Crippen LogP contribution in [0.25, 0.3) is 10.9 Å². The van der Waals surface area contributed by atoms with Gasteiger partial charge in [0.25, 0.3) is 27.0 Å². The van der Waals surface area contributed by atoms with E-state index in [1.165, 1.54) is 0 Å². The average Bonchev–Trinajstić information content (AvgIpc) is 2.78. The van der Waals surface area contributed by atoms with E-state index in [-0.39, 0.29) is 23.7 Å². The van der Waals surface area contributed by atoms with Gasteiger partial charge in [-0.15, -0.1) is 4.40 Å². The van der Waals surface area contributed by atoms with Crippen LogP contribution in [0.15, 0.2) is 44.4 Å². The van der Waals surface area contributed by atoms with Crippen molar-refractivity contribution in [2.75, 3.05) is 5.32 Å². The first kappa shape index (κ1) is 24.7. The molecule has 36 heavy (non-hydrogen) atoms. The fraction of sp³-hybridized carbons (Fsp3) is 0.238. The quantitative estimate of drug-likeness (QED) is 0.364. The standard InChI is InChI=1S/C21H18FN5O8S/c1-10(2)5-6-25-18-13(7-11(22)8-15(18)27(32)33)19(28)17(21(25)29)20-23-14-4-3-12(26(30)31)9-16(14)36(34,35)24-20/h3-4,7-10,28H,5-6H2,1-2H3,(H,23,24). The molecule has 188 valence electrons. The van der Waals surface area contributed by atoms with Gasteiger partial charge in [-0.3, -0.25) is 25.0 Å². The summed E-state index contributed by atoms with van der Waals surface area (Å²) in [6.07, 6.45) is 0.373. The molecule has 0 radical (unpaired) electrons. The van der Waals surface area contributed by atoms with E-state index in [2.05, 4.69) is 9.71 Å². The molecule has 0 spiro atoms. The van der Waals surface area contributed by atoms with Gasteiger partial charge in [0.2, 0.25) is 0 Å². The number of sulfonamides is 1. The molecule has 2 N–H and O–H groups in total. The molecule has 0 atom stereocenters. The maximum absolute atomic E-state index is 14.3. The predicted molar refractivity (Wildman–Crippen MR) is 126 cm³/mol. The van der Waals surface area contributed by atoms with Crippen LogP contribution in [-0.2, 0) is 16.6 Å². The highest BCUT2D eigenvalue weighted by Crippen LogP contribution is 2.37. The maximum atomic E-state index is 14.3. The van der Waals surface area contributed by atoms with Crippen molar-refractivity contribution in [3.05, 3.63) is 72.3 Å². The number of pyridine rings is 1. The maximum Gasteiger partial charge on any atom is 0.296 e. The highest BCUT2D eigenvalue weighted by molar-refractivity contribution is 7.90.